The van der Waals surface area contributed by atoms with Crippen molar-refractivity contribution in [3.8, 4) is 0 Å². The van der Waals surface area contributed by atoms with Crippen LogP contribution in [0.3, 0.4) is 0 Å². The maximum absolute atomic E-state index is 13.1. The Labute approximate surface area is 157 Å². The highest BCUT2D eigenvalue weighted by Gasteiger charge is 2.28. The number of anilines is 1. The van der Waals surface area contributed by atoms with Crippen molar-refractivity contribution in [2.24, 2.45) is 0 Å². The van der Waals surface area contributed by atoms with Crippen molar-refractivity contribution in [2.75, 3.05) is 31.1 Å². The molecule has 1 saturated heterocycles. The molecule has 3 heterocycles. The molecule has 142 valence electrons. The van der Waals surface area contributed by atoms with E-state index >= 15 is 0 Å². The third kappa shape index (κ3) is 3.85. The van der Waals surface area contributed by atoms with Crippen molar-refractivity contribution >= 4 is 5.69 Å². The molecule has 7 nitrogen and oxygen atoms in total. The van der Waals surface area contributed by atoms with Crippen LogP contribution in [0.2, 0.25) is 0 Å². The Kier molecular flexibility index (Phi) is 5.15. The number of benzene rings is 1. The van der Waals surface area contributed by atoms with E-state index in [0.717, 1.165) is 49.9 Å². The topological polar surface area (TPSA) is 63.2 Å². The molecule has 8 heteroatoms. The van der Waals surface area contributed by atoms with Crippen molar-refractivity contribution in [2.45, 2.75) is 25.9 Å². The summed E-state index contributed by atoms with van der Waals surface area (Å²) >= 11 is 0. The van der Waals surface area contributed by atoms with Gasteiger partial charge in [0.1, 0.15) is 18.1 Å². The van der Waals surface area contributed by atoms with Crippen molar-refractivity contribution < 1.29 is 8.81 Å². The average molecular weight is 370 g/mol. The SMILES string of the molecule is CCC(c1nnnn1Cc1ccco1)N1CCN(c2ccc(F)cc2)CC1. The highest BCUT2D eigenvalue weighted by atomic mass is 19.1. The van der Waals surface area contributed by atoms with Crippen molar-refractivity contribution in [1.82, 2.24) is 25.1 Å². The number of rotatable bonds is 6. The summed E-state index contributed by atoms with van der Waals surface area (Å²) < 4.78 is 20.4. The van der Waals surface area contributed by atoms with Crippen LogP contribution in [-0.2, 0) is 6.54 Å². The fraction of sp³-hybridized carbons (Fsp3) is 0.421. The molecular formula is C19H23FN6O. The maximum Gasteiger partial charge on any atom is 0.168 e. The largest absolute Gasteiger partial charge is 0.467 e. The standard InChI is InChI=1S/C19H23FN6O/c1-2-18(19-21-22-23-26(19)14-17-4-3-13-27-17)25-11-9-24(10-12-25)16-7-5-15(20)6-8-16/h3-8,13,18H,2,9-12,14H2,1H3. The van der Waals surface area contributed by atoms with Crippen molar-refractivity contribution in [3.63, 3.8) is 0 Å². The van der Waals surface area contributed by atoms with Gasteiger partial charge in [-0.15, -0.1) is 5.10 Å². The molecule has 1 unspecified atom stereocenters. The molecule has 0 spiro atoms. The molecule has 0 radical (unpaired) electrons. The third-order valence-corrected chi connectivity index (χ3v) is 5.08. The van der Waals surface area contributed by atoms with Gasteiger partial charge in [0, 0.05) is 31.9 Å². The molecule has 1 aromatic carbocycles. The fourth-order valence-electron chi connectivity index (χ4n) is 3.66. The van der Waals surface area contributed by atoms with E-state index in [0.29, 0.717) is 6.54 Å². The molecule has 1 aliphatic rings. The van der Waals surface area contributed by atoms with E-state index < -0.39 is 0 Å². The van der Waals surface area contributed by atoms with Crippen LogP contribution >= 0.6 is 0 Å². The van der Waals surface area contributed by atoms with Crippen LogP contribution in [0, 0.1) is 5.82 Å². The van der Waals surface area contributed by atoms with E-state index in [-0.39, 0.29) is 11.9 Å². The van der Waals surface area contributed by atoms with Gasteiger partial charge in [-0.05, 0) is 53.2 Å². The van der Waals surface area contributed by atoms with Crippen LogP contribution in [0.5, 0.6) is 0 Å². The first-order valence-corrected chi connectivity index (χ1v) is 9.27. The number of piperazine rings is 1. The Morgan fingerprint density at radius 3 is 2.56 bits per heavy atom. The molecule has 0 amide bonds. The van der Waals surface area contributed by atoms with Gasteiger partial charge in [0.2, 0.25) is 0 Å². The zero-order chi connectivity index (χ0) is 18.6. The number of halogens is 1. The lowest BCUT2D eigenvalue weighted by molar-refractivity contribution is 0.169. The predicted molar refractivity (Wildman–Crippen MR) is 98.8 cm³/mol. The van der Waals surface area contributed by atoms with Crippen LogP contribution < -0.4 is 4.90 Å². The summed E-state index contributed by atoms with van der Waals surface area (Å²) in [5, 5.41) is 12.3. The van der Waals surface area contributed by atoms with Crippen LogP contribution in [0.15, 0.2) is 47.1 Å². The quantitative estimate of drug-likeness (QED) is 0.665. The highest BCUT2D eigenvalue weighted by Crippen LogP contribution is 2.25. The molecule has 1 fully saturated rings. The van der Waals surface area contributed by atoms with Gasteiger partial charge in [-0.2, -0.15) is 0 Å². The second kappa shape index (κ2) is 7.87. The summed E-state index contributed by atoms with van der Waals surface area (Å²) in [6.07, 6.45) is 2.58. The molecule has 0 N–H and O–H groups in total. The molecule has 27 heavy (non-hydrogen) atoms. The van der Waals surface area contributed by atoms with E-state index in [2.05, 4.69) is 32.2 Å². The van der Waals surface area contributed by atoms with Crippen LogP contribution in [0.1, 0.15) is 31.0 Å². The Hall–Kier alpha value is -2.74. The lowest BCUT2D eigenvalue weighted by Gasteiger charge is -2.39. The minimum absolute atomic E-state index is 0.158. The first-order valence-electron chi connectivity index (χ1n) is 9.27. The zero-order valence-electron chi connectivity index (χ0n) is 15.3. The molecule has 4 rings (SSSR count). The number of hydrogen-bond donors (Lipinski definition) is 0. The number of furan rings is 1. The third-order valence-electron chi connectivity index (χ3n) is 5.08. The molecule has 0 bridgehead atoms. The molecule has 0 aliphatic carbocycles. The minimum atomic E-state index is -0.202. The van der Waals surface area contributed by atoms with Crippen molar-refractivity contribution in [3.05, 3.63) is 60.1 Å². The first kappa shape index (κ1) is 17.7. The van der Waals surface area contributed by atoms with E-state index in [1.807, 2.05) is 28.9 Å². The Morgan fingerprint density at radius 1 is 1.11 bits per heavy atom. The predicted octanol–water partition coefficient (Wildman–Crippen LogP) is 2.73. The summed E-state index contributed by atoms with van der Waals surface area (Å²) in [7, 11) is 0. The molecule has 3 aromatic rings. The van der Waals surface area contributed by atoms with Gasteiger partial charge in [-0.1, -0.05) is 6.92 Å². The number of tetrazole rings is 1. The first-order chi connectivity index (χ1) is 13.2. The second-order valence-corrected chi connectivity index (χ2v) is 6.70. The molecule has 1 atom stereocenters. The number of aromatic nitrogens is 4. The number of hydrogen-bond acceptors (Lipinski definition) is 6. The zero-order valence-corrected chi connectivity index (χ0v) is 15.3. The van der Waals surface area contributed by atoms with E-state index in [1.165, 1.54) is 12.1 Å². The Bertz CT molecular complexity index is 839. The molecule has 0 saturated carbocycles. The second-order valence-electron chi connectivity index (χ2n) is 6.70. The summed E-state index contributed by atoms with van der Waals surface area (Å²) in [4.78, 5) is 4.71. The lowest BCUT2D eigenvalue weighted by atomic mass is 10.1. The summed E-state index contributed by atoms with van der Waals surface area (Å²) in [6, 6.07) is 10.7. The van der Waals surface area contributed by atoms with Gasteiger partial charge in [-0.3, -0.25) is 4.90 Å². The van der Waals surface area contributed by atoms with Gasteiger partial charge in [0.05, 0.1) is 12.3 Å². The van der Waals surface area contributed by atoms with Gasteiger partial charge in [0.15, 0.2) is 5.82 Å². The van der Waals surface area contributed by atoms with Gasteiger partial charge >= 0.3 is 0 Å². The lowest BCUT2D eigenvalue weighted by Crippen LogP contribution is -2.48. The number of nitrogens with zero attached hydrogens (tertiary/aromatic N) is 6. The summed E-state index contributed by atoms with van der Waals surface area (Å²) in [6.45, 7) is 6.28. The van der Waals surface area contributed by atoms with Crippen LogP contribution in [-0.4, -0.2) is 51.3 Å². The monoisotopic (exact) mass is 370 g/mol. The average Bonchev–Trinajstić information content (AvgIpc) is 3.37. The molecule has 1 aliphatic heterocycles. The van der Waals surface area contributed by atoms with Crippen LogP contribution in [0.4, 0.5) is 10.1 Å². The van der Waals surface area contributed by atoms with Gasteiger partial charge in [0.25, 0.3) is 0 Å². The minimum Gasteiger partial charge on any atom is -0.467 e. The van der Waals surface area contributed by atoms with Gasteiger partial charge in [-0.25, -0.2) is 9.07 Å². The highest BCUT2D eigenvalue weighted by molar-refractivity contribution is 5.46. The summed E-state index contributed by atoms with van der Waals surface area (Å²) in [5.41, 5.74) is 1.06. The summed E-state index contributed by atoms with van der Waals surface area (Å²) in [5.74, 6) is 1.50. The van der Waals surface area contributed by atoms with E-state index in [4.69, 9.17) is 4.42 Å². The van der Waals surface area contributed by atoms with E-state index in [1.54, 1.807) is 6.26 Å². The fourth-order valence-corrected chi connectivity index (χ4v) is 3.66. The maximum atomic E-state index is 13.1. The smallest absolute Gasteiger partial charge is 0.168 e. The van der Waals surface area contributed by atoms with Gasteiger partial charge < -0.3 is 9.32 Å². The molecule has 2 aromatic heterocycles. The van der Waals surface area contributed by atoms with Crippen LogP contribution in [0.25, 0.3) is 0 Å². The molecular weight excluding hydrogens is 347 g/mol. The Balaban J connectivity index is 1.44. The normalized spacial score (nSPS) is 16.6. The van der Waals surface area contributed by atoms with Crippen molar-refractivity contribution in [1.29, 1.82) is 0 Å². The Morgan fingerprint density at radius 2 is 1.89 bits per heavy atom. The van der Waals surface area contributed by atoms with E-state index in [9.17, 15) is 4.39 Å².